The van der Waals surface area contributed by atoms with E-state index >= 15 is 0 Å². The molecule has 1 fully saturated rings. The van der Waals surface area contributed by atoms with Gasteiger partial charge in [0.25, 0.3) is 0 Å². The second-order valence-corrected chi connectivity index (χ2v) is 6.82. The fourth-order valence-corrected chi connectivity index (χ4v) is 3.31. The first kappa shape index (κ1) is 20.6. The fraction of sp³-hybridized carbons (Fsp3) is 0.632. The number of carboxylic acids is 1. The number of ether oxygens (including phenoxy) is 1. The molecule has 1 aliphatic heterocycles. The lowest BCUT2D eigenvalue weighted by Crippen LogP contribution is -2.36. The molecule has 0 radical (unpaired) electrons. The Morgan fingerprint density at radius 1 is 1.31 bits per heavy atom. The standard InChI is InChI=1S/C19H26F3NO3/c20-19(21,22)16-6-3-7-17(13-16)26-12-2-1-10-23-11-4-5-15(14-23)8-9-18(24)25/h3,6-7,13,15H,1-2,4-5,8-12,14H2,(H,24,25). The van der Waals surface area contributed by atoms with Gasteiger partial charge in [0.15, 0.2) is 0 Å². The topological polar surface area (TPSA) is 49.8 Å². The zero-order chi connectivity index (χ0) is 19.0. The molecule has 7 heteroatoms. The van der Waals surface area contributed by atoms with Gasteiger partial charge < -0.3 is 14.7 Å². The van der Waals surface area contributed by atoms with E-state index in [2.05, 4.69) is 4.90 Å². The minimum atomic E-state index is -4.36. The van der Waals surface area contributed by atoms with Gasteiger partial charge in [-0.1, -0.05) is 6.07 Å². The predicted octanol–water partition coefficient (Wildman–Crippen LogP) is 4.44. The molecule has 26 heavy (non-hydrogen) atoms. The lowest BCUT2D eigenvalue weighted by Gasteiger charge is -2.32. The van der Waals surface area contributed by atoms with Crippen molar-refractivity contribution >= 4 is 5.97 Å². The van der Waals surface area contributed by atoms with Crippen LogP contribution in [0, 0.1) is 5.92 Å². The summed E-state index contributed by atoms with van der Waals surface area (Å²) in [7, 11) is 0. The number of piperidine rings is 1. The average Bonchev–Trinajstić information content (AvgIpc) is 2.59. The molecule has 0 aliphatic carbocycles. The van der Waals surface area contributed by atoms with Gasteiger partial charge >= 0.3 is 12.1 Å². The van der Waals surface area contributed by atoms with E-state index in [1.165, 1.54) is 12.1 Å². The number of carbonyl (C=O) groups is 1. The monoisotopic (exact) mass is 373 g/mol. The van der Waals surface area contributed by atoms with Gasteiger partial charge in [-0.15, -0.1) is 0 Å². The van der Waals surface area contributed by atoms with Gasteiger partial charge in [0.2, 0.25) is 0 Å². The number of aliphatic carboxylic acids is 1. The molecule has 146 valence electrons. The Labute approximate surface area is 151 Å². The first-order chi connectivity index (χ1) is 12.3. The third-order valence-corrected chi connectivity index (χ3v) is 4.67. The molecule has 2 rings (SSSR count). The van der Waals surface area contributed by atoms with E-state index in [4.69, 9.17) is 9.84 Å². The molecule has 0 bridgehead atoms. The highest BCUT2D eigenvalue weighted by atomic mass is 19.4. The van der Waals surface area contributed by atoms with Crippen molar-refractivity contribution in [2.75, 3.05) is 26.2 Å². The highest BCUT2D eigenvalue weighted by Crippen LogP contribution is 2.31. The van der Waals surface area contributed by atoms with Crippen LogP contribution in [-0.4, -0.2) is 42.2 Å². The fourth-order valence-electron chi connectivity index (χ4n) is 3.31. The van der Waals surface area contributed by atoms with E-state index in [9.17, 15) is 18.0 Å². The molecule has 1 saturated heterocycles. The highest BCUT2D eigenvalue weighted by molar-refractivity contribution is 5.66. The third-order valence-electron chi connectivity index (χ3n) is 4.67. The van der Waals surface area contributed by atoms with Gasteiger partial charge in [-0.2, -0.15) is 13.2 Å². The summed E-state index contributed by atoms with van der Waals surface area (Å²) < 4.78 is 43.4. The number of alkyl halides is 3. The molecular formula is C19H26F3NO3. The van der Waals surface area contributed by atoms with E-state index in [0.29, 0.717) is 12.5 Å². The number of nitrogens with zero attached hydrogens (tertiary/aromatic N) is 1. The molecule has 1 N–H and O–H groups in total. The van der Waals surface area contributed by atoms with Crippen LogP contribution in [0.1, 0.15) is 44.1 Å². The van der Waals surface area contributed by atoms with Crippen LogP contribution in [0.4, 0.5) is 13.2 Å². The first-order valence-corrected chi connectivity index (χ1v) is 9.09. The molecule has 1 aromatic rings. The van der Waals surface area contributed by atoms with Crippen molar-refractivity contribution in [2.45, 2.75) is 44.7 Å². The van der Waals surface area contributed by atoms with Crippen LogP contribution in [0.5, 0.6) is 5.75 Å². The summed E-state index contributed by atoms with van der Waals surface area (Å²) in [4.78, 5) is 13.0. The molecule has 4 nitrogen and oxygen atoms in total. The third kappa shape index (κ3) is 7.23. The Kier molecular flexibility index (Phi) is 7.75. The largest absolute Gasteiger partial charge is 0.494 e. The molecule has 1 unspecified atom stereocenters. The van der Waals surface area contributed by atoms with Gasteiger partial charge in [0, 0.05) is 13.0 Å². The van der Waals surface area contributed by atoms with Crippen molar-refractivity contribution in [3.8, 4) is 5.75 Å². The molecule has 0 saturated carbocycles. The Balaban J connectivity index is 1.64. The number of benzene rings is 1. The van der Waals surface area contributed by atoms with Gasteiger partial charge in [0.05, 0.1) is 12.2 Å². The van der Waals surface area contributed by atoms with E-state index in [0.717, 1.165) is 63.9 Å². The second kappa shape index (κ2) is 9.80. The molecule has 1 atom stereocenters. The summed E-state index contributed by atoms with van der Waals surface area (Å²) in [5.41, 5.74) is -0.698. The van der Waals surface area contributed by atoms with Crippen LogP contribution < -0.4 is 4.74 Å². The smallest absolute Gasteiger partial charge is 0.416 e. The van der Waals surface area contributed by atoms with Crippen LogP contribution >= 0.6 is 0 Å². The summed E-state index contributed by atoms with van der Waals surface area (Å²) in [6.07, 6.45) is 0.448. The summed E-state index contributed by atoms with van der Waals surface area (Å²) in [5.74, 6) is -0.0541. The molecule has 1 aromatic carbocycles. The van der Waals surface area contributed by atoms with Crippen LogP contribution in [0.15, 0.2) is 24.3 Å². The normalized spacial score (nSPS) is 18.7. The SMILES string of the molecule is O=C(O)CCC1CCCN(CCCCOc2cccc(C(F)(F)F)c2)C1. The van der Waals surface area contributed by atoms with Crippen LogP contribution in [-0.2, 0) is 11.0 Å². The van der Waals surface area contributed by atoms with Crippen molar-refractivity contribution in [3.63, 3.8) is 0 Å². The summed E-state index contributed by atoms with van der Waals surface area (Å²) in [6.45, 7) is 3.26. The van der Waals surface area contributed by atoms with Crippen molar-refractivity contribution in [3.05, 3.63) is 29.8 Å². The minimum Gasteiger partial charge on any atom is -0.494 e. The molecule has 0 amide bonds. The number of unbranched alkanes of at least 4 members (excludes halogenated alkanes) is 1. The van der Waals surface area contributed by atoms with Crippen molar-refractivity contribution in [2.24, 2.45) is 5.92 Å². The van der Waals surface area contributed by atoms with Crippen LogP contribution in [0.2, 0.25) is 0 Å². The quantitative estimate of drug-likeness (QED) is 0.650. The van der Waals surface area contributed by atoms with Gasteiger partial charge in [0.1, 0.15) is 5.75 Å². The van der Waals surface area contributed by atoms with Gasteiger partial charge in [-0.25, -0.2) is 0 Å². The van der Waals surface area contributed by atoms with E-state index < -0.39 is 17.7 Å². The maximum atomic E-state index is 12.7. The lowest BCUT2D eigenvalue weighted by atomic mass is 9.93. The van der Waals surface area contributed by atoms with Crippen LogP contribution in [0.25, 0.3) is 0 Å². The van der Waals surface area contributed by atoms with Crippen LogP contribution in [0.3, 0.4) is 0 Å². The van der Waals surface area contributed by atoms with Gasteiger partial charge in [-0.3, -0.25) is 4.79 Å². The molecule has 1 heterocycles. The van der Waals surface area contributed by atoms with Crippen molar-refractivity contribution < 1.29 is 27.8 Å². The van der Waals surface area contributed by atoms with E-state index in [-0.39, 0.29) is 12.2 Å². The summed E-state index contributed by atoms with van der Waals surface area (Å²) in [6, 6.07) is 4.94. The van der Waals surface area contributed by atoms with Crippen molar-refractivity contribution in [1.29, 1.82) is 0 Å². The maximum Gasteiger partial charge on any atom is 0.416 e. The Morgan fingerprint density at radius 3 is 2.85 bits per heavy atom. The molecule has 0 aromatic heterocycles. The maximum absolute atomic E-state index is 12.7. The lowest BCUT2D eigenvalue weighted by molar-refractivity contribution is -0.138. The first-order valence-electron chi connectivity index (χ1n) is 9.09. The number of likely N-dealkylation sites (tertiary alicyclic amines) is 1. The second-order valence-electron chi connectivity index (χ2n) is 6.82. The highest BCUT2D eigenvalue weighted by Gasteiger charge is 2.30. The molecular weight excluding hydrogens is 347 g/mol. The number of halogens is 3. The van der Waals surface area contributed by atoms with E-state index in [1.54, 1.807) is 0 Å². The van der Waals surface area contributed by atoms with Crippen molar-refractivity contribution in [1.82, 2.24) is 4.90 Å². The molecule has 0 spiro atoms. The minimum absolute atomic E-state index is 0.226. The molecule has 1 aliphatic rings. The number of hydrogen-bond acceptors (Lipinski definition) is 3. The average molecular weight is 373 g/mol. The zero-order valence-corrected chi connectivity index (χ0v) is 14.8. The number of carboxylic acid groups (broad SMARTS) is 1. The Hall–Kier alpha value is -1.76. The summed E-state index contributed by atoms with van der Waals surface area (Å²) in [5, 5.41) is 8.78. The Bertz CT molecular complexity index is 577. The predicted molar refractivity (Wildman–Crippen MR) is 92.2 cm³/mol. The van der Waals surface area contributed by atoms with Gasteiger partial charge in [-0.05, 0) is 69.3 Å². The number of hydrogen-bond donors (Lipinski definition) is 1. The number of rotatable bonds is 9. The van der Waals surface area contributed by atoms with E-state index in [1.807, 2.05) is 0 Å². The zero-order valence-electron chi connectivity index (χ0n) is 14.8. The Morgan fingerprint density at radius 2 is 2.12 bits per heavy atom. The summed E-state index contributed by atoms with van der Waals surface area (Å²) >= 11 is 0.